The summed E-state index contributed by atoms with van der Waals surface area (Å²) in [6, 6.07) is 4.43. The number of nitrogens with zero attached hydrogens (tertiary/aromatic N) is 6. The second-order valence-corrected chi connectivity index (χ2v) is 8.43. The summed E-state index contributed by atoms with van der Waals surface area (Å²) < 4.78 is 20.8. The van der Waals surface area contributed by atoms with E-state index in [1.54, 1.807) is 13.1 Å². The Balaban J connectivity index is 1.46. The van der Waals surface area contributed by atoms with Crippen LogP contribution in [-0.2, 0) is 16.6 Å². The predicted octanol–water partition coefficient (Wildman–Crippen LogP) is 2.23. The number of fused-ring (bicyclic) bond motifs is 1. The van der Waals surface area contributed by atoms with Gasteiger partial charge in [0.1, 0.15) is 17.7 Å². The fourth-order valence-electron chi connectivity index (χ4n) is 4.20. The maximum atomic E-state index is 13.7. The average Bonchev–Trinajstić information content (AvgIpc) is 3.43. The molecule has 0 saturated carbocycles. The first kappa shape index (κ1) is 20.9. The van der Waals surface area contributed by atoms with E-state index in [0.29, 0.717) is 66.8 Å². The molecule has 168 valence electrons. The van der Waals surface area contributed by atoms with Crippen LogP contribution in [0.5, 0.6) is 0 Å². The van der Waals surface area contributed by atoms with Crippen LogP contribution in [0.2, 0.25) is 5.02 Å². The third kappa shape index (κ3) is 3.63. The number of piperazine rings is 1. The number of hydrogen-bond acceptors (Lipinski definition) is 7. The third-order valence-electron chi connectivity index (χ3n) is 6.00. The number of nitrogens with two attached hydrogens (primary N) is 1. The van der Waals surface area contributed by atoms with Crippen molar-refractivity contribution in [1.29, 1.82) is 0 Å². The highest BCUT2D eigenvalue weighted by Gasteiger charge is 2.31. The van der Waals surface area contributed by atoms with Crippen molar-refractivity contribution in [3.63, 3.8) is 0 Å². The summed E-state index contributed by atoms with van der Waals surface area (Å²) in [7, 11) is 1.73. The zero-order valence-corrected chi connectivity index (χ0v) is 18.3. The third-order valence-corrected chi connectivity index (χ3v) is 6.29. The molecule has 32 heavy (non-hydrogen) atoms. The summed E-state index contributed by atoms with van der Waals surface area (Å²) in [6.07, 6.45) is 1.39. The summed E-state index contributed by atoms with van der Waals surface area (Å²) in [5.74, 6) is 0.439. The molecule has 9 nitrogen and oxygen atoms in total. The normalized spacial score (nSPS) is 19.2. The van der Waals surface area contributed by atoms with Crippen LogP contribution in [-0.4, -0.2) is 69.4 Å². The molecule has 11 heteroatoms. The minimum absolute atomic E-state index is 0.000433. The fraction of sp³-hybridized carbons (Fsp3) is 0.429. The van der Waals surface area contributed by atoms with Crippen LogP contribution in [0.25, 0.3) is 22.3 Å². The number of halogens is 2. The number of benzene rings is 1. The van der Waals surface area contributed by atoms with Gasteiger partial charge in [0.25, 0.3) is 5.91 Å². The van der Waals surface area contributed by atoms with Crippen LogP contribution in [0.15, 0.2) is 18.2 Å². The van der Waals surface area contributed by atoms with Crippen molar-refractivity contribution < 1.29 is 13.9 Å². The van der Waals surface area contributed by atoms with Gasteiger partial charge < -0.3 is 20.3 Å². The van der Waals surface area contributed by atoms with Gasteiger partial charge in [-0.15, -0.1) is 0 Å². The minimum Gasteiger partial charge on any atom is -0.383 e. The second-order valence-electron chi connectivity index (χ2n) is 8.02. The van der Waals surface area contributed by atoms with E-state index in [4.69, 9.17) is 27.1 Å². The molecule has 0 radical (unpaired) electrons. The van der Waals surface area contributed by atoms with Gasteiger partial charge in [-0.25, -0.2) is 9.37 Å². The van der Waals surface area contributed by atoms with Crippen LogP contribution >= 0.6 is 11.6 Å². The molecule has 2 aliphatic rings. The van der Waals surface area contributed by atoms with Crippen molar-refractivity contribution in [1.82, 2.24) is 24.6 Å². The Bertz CT molecular complexity index is 1190. The smallest absolute Gasteiger partial charge is 0.251 e. The molecule has 5 rings (SSSR count). The van der Waals surface area contributed by atoms with Crippen molar-refractivity contribution in [3.8, 4) is 11.3 Å². The monoisotopic (exact) mass is 459 g/mol. The van der Waals surface area contributed by atoms with Gasteiger partial charge in [-0.2, -0.15) is 10.1 Å². The fourth-order valence-corrected chi connectivity index (χ4v) is 4.38. The van der Waals surface area contributed by atoms with Crippen LogP contribution in [0.3, 0.4) is 0 Å². The summed E-state index contributed by atoms with van der Waals surface area (Å²) in [6.45, 7) is 2.92. The van der Waals surface area contributed by atoms with E-state index in [1.807, 2.05) is 9.80 Å². The van der Waals surface area contributed by atoms with Crippen molar-refractivity contribution in [2.24, 2.45) is 7.05 Å². The number of carbonyl (C=O) groups is 1. The van der Waals surface area contributed by atoms with Gasteiger partial charge in [0.2, 0.25) is 5.95 Å². The number of carbonyl (C=O) groups excluding carboxylic acids is 1. The van der Waals surface area contributed by atoms with Crippen molar-refractivity contribution in [2.75, 3.05) is 43.4 Å². The molecule has 1 amide bonds. The lowest BCUT2D eigenvalue weighted by molar-refractivity contribution is -0.141. The Morgan fingerprint density at radius 2 is 2.03 bits per heavy atom. The summed E-state index contributed by atoms with van der Waals surface area (Å²) >= 11 is 6.02. The van der Waals surface area contributed by atoms with E-state index >= 15 is 0 Å². The molecule has 3 aromatic rings. The predicted molar refractivity (Wildman–Crippen MR) is 119 cm³/mol. The van der Waals surface area contributed by atoms with Gasteiger partial charge in [0, 0.05) is 45.4 Å². The Hall–Kier alpha value is -2.98. The van der Waals surface area contributed by atoms with Crippen LogP contribution < -0.4 is 10.6 Å². The van der Waals surface area contributed by atoms with E-state index in [1.165, 1.54) is 16.8 Å². The molecule has 0 bridgehead atoms. The molecule has 2 saturated heterocycles. The number of aryl methyl sites for hydroxylation is 1. The molecule has 2 aromatic heterocycles. The molecule has 1 aromatic carbocycles. The molecule has 0 aliphatic carbocycles. The van der Waals surface area contributed by atoms with Crippen molar-refractivity contribution in [2.45, 2.75) is 18.9 Å². The zero-order chi connectivity index (χ0) is 22.4. The van der Waals surface area contributed by atoms with Gasteiger partial charge in [-0.3, -0.25) is 9.48 Å². The topological polar surface area (TPSA) is 102 Å². The van der Waals surface area contributed by atoms with Gasteiger partial charge in [0.15, 0.2) is 5.65 Å². The van der Waals surface area contributed by atoms with Gasteiger partial charge in [-0.1, -0.05) is 11.6 Å². The lowest BCUT2D eigenvalue weighted by Gasteiger charge is -2.35. The summed E-state index contributed by atoms with van der Waals surface area (Å²) in [5, 5.41) is 5.00. The van der Waals surface area contributed by atoms with E-state index < -0.39 is 5.82 Å². The molecule has 4 heterocycles. The summed E-state index contributed by atoms with van der Waals surface area (Å²) in [5.41, 5.74) is 7.83. The van der Waals surface area contributed by atoms with Crippen LogP contribution in [0, 0.1) is 5.82 Å². The first-order valence-electron chi connectivity index (χ1n) is 10.5. The number of ether oxygens (including phenoxy) is 1. The molecule has 2 fully saturated rings. The SMILES string of the molecule is Cn1nc2nc(N3CCN(C(=O)C4CCCO4)CC3)nc(-c3ccc(F)c(Cl)c3)c2c1N. The number of hydrogen-bond donors (Lipinski definition) is 1. The largest absolute Gasteiger partial charge is 0.383 e. The first-order chi connectivity index (χ1) is 15.4. The number of anilines is 2. The minimum atomic E-state index is -0.507. The van der Waals surface area contributed by atoms with E-state index in [2.05, 4.69) is 10.1 Å². The molecule has 0 spiro atoms. The maximum Gasteiger partial charge on any atom is 0.251 e. The molecular weight excluding hydrogens is 437 g/mol. The number of aromatic nitrogens is 4. The van der Waals surface area contributed by atoms with Crippen molar-refractivity contribution in [3.05, 3.63) is 29.0 Å². The van der Waals surface area contributed by atoms with E-state index in [-0.39, 0.29) is 17.0 Å². The highest BCUT2D eigenvalue weighted by atomic mass is 35.5. The number of nitrogen functional groups attached to an aromatic ring is 1. The first-order valence-corrected chi connectivity index (χ1v) is 10.9. The highest BCUT2D eigenvalue weighted by Crippen LogP contribution is 2.33. The second kappa shape index (κ2) is 8.18. The number of amides is 1. The van der Waals surface area contributed by atoms with Crippen molar-refractivity contribution >= 4 is 40.3 Å². The van der Waals surface area contributed by atoms with Crippen LogP contribution in [0.1, 0.15) is 12.8 Å². The van der Waals surface area contributed by atoms with Gasteiger partial charge in [0.05, 0.1) is 16.1 Å². The molecule has 1 atom stereocenters. The molecule has 1 unspecified atom stereocenters. The van der Waals surface area contributed by atoms with Crippen LogP contribution in [0.4, 0.5) is 16.2 Å². The van der Waals surface area contributed by atoms with E-state index in [9.17, 15) is 9.18 Å². The Kier molecular flexibility index (Phi) is 5.34. The molecule has 2 aliphatic heterocycles. The zero-order valence-electron chi connectivity index (χ0n) is 17.6. The van der Waals surface area contributed by atoms with E-state index in [0.717, 1.165) is 12.8 Å². The standard InChI is InChI=1S/C21H23ClFN7O2/c1-28-18(24)16-17(12-4-5-14(23)13(22)11-12)25-21(26-19(16)27-28)30-8-6-29(7-9-30)20(31)15-3-2-10-32-15/h4-5,11,15H,2-3,6-10,24H2,1H3. The Morgan fingerprint density at radius 3 is 2.72 bits per heavy atom. The quantitative estimate of drug-likeness (QED) is 0.640. The Labute approximate surface area is 188 Å². The van der Waals surface area contributed by atoms with Gasteiger partial charge in [-0.05, 0) is 31.0 Å². The average molecular weight is 460 g/mol. The highest BCUT2D eigenvalue weighted by molar-refractivity contribution is 6.31. The number of rotatable bonds is 3. The summed E-state index contributed by atoms with van der Waals surface area (Å²) in [4.78, 5) is 25.9. The lowest BCUT2D eigenvalue weighted by Crippen LogP contribution is -2.51. The Morgan fingerprint density at radius 1 is 1.25 bits per heavy atom. The van der Waals surface area contributed by atoms with Gasteiger partial charge >= 0.3 is 0 Å². The maximum absolute atomic E-state index is 13.7. The lowest BCUT2D eigenvalue weighted by atomic mass is 10.1. The molecular formula is C21H23ClFN7O2. The molecule has 2 N–H and O–H groups in total.